The predicted octanol–water partition coefficient (Wildman–Crippen LogP) is 2.09. The van der Waals surface area contributed by atoms with E-state index in [0.29, 0.717) is 11.5 Å². The summed E-state index contributed by atoms with van der Waals surface area (Å²) in [7, 11) is 0. The maximum Gasteiger partial charge on any atom is 0.131 e. The average Bonchev–Trinajstić information content (AvgIpc) is 2.77. The molecule has 0 amide bonds. The number of hydrogen-bond acceptors (Lipinski definition) is 3. The Balaban J connectivity index is 2.21. The zero-order valence-corrected chi connectivity index (χ0v) is 10.6. The van der Waals surface area contributed by atoms with Gasteiger partial charge in [0.15, 0.2) is 0 Å². The lowest BCUT2D eigenvalue weighted by molar-refractivity contribution is 0.194. The van der Waals surface area contributed by atoms with Crippen molar-refractivity contribution in [3.63, 3.8) is 0 Å². The van der Waals surface area contributed by atoms with Crippen LogP contribution in [0.2, 0.25) is 0 Å². The van der Waals surface area contributed by atoms with Crippen LogP contribution in [0.25, 0.3) is 0 Å². The summed E-state index contributed by atoms with van der Waals surface area (Å²) in [5.41, 5.74) is 1.16. The van der Waals surface area contributed by atoms with E-state index in [1.807, 2.05) is 6.07 Å². The molecule has 1 heterocycles. The van der Waals surface area contributed by atoms with Crippen LogP contribution in [0.15, 0.2) is 18.2 Å². The third-order valence-electron chi connectivity index (χ3n) is 3.61. The largest absolute Gasteiger partial charge is 0.396 e. The van der Waals surface area contributed by atoms with Gasteiger partial charge in [-0.3, -0.25) is 0 Å². The smallest absolute Gasteiger partial charge is 0.131 e. The van der Waals surface area contributed by atoms with Gasteiger partial charge in [0, 0.05) is 30.9 Å². The SMILES string of the molecule is C[C@H](O)c1c(F)cccc1N1CCC(CCO)C1. The molecule has 0 aromatic heterocycles. The van der Waals surface area contributed by atoms with E-state index in [1.165, 1.54) is 6.07 Å². The summed E-state index contributed by atoms with van der Waals surface area (Å²) in [5, 5.41) is 18.7. The van der Waals surface area contributed by atoms with Gasteiger partial charge in [0.25, 0.3) is 0 Å². The molecule has 2 N–H and O–H groups in total. The number of anilines is 1. The summed E-state index contributed by atoms with van der Waals surface area (Å²) in [5.74, 6) is 0.105. The molecule has 3 nitrogen and oxygen atoms in total. The number of benzene rings is 1. The van der Waals surface area contributed by atoms with Crippen molar-refractivity contribution in [1.82, 2.24) is 0 Å². The fraction of sp³-hybridized carbons (Fsp3) is 0.571. The van der Waals surface area contributed by atoms with Crippen molar-refractivity contribution < 1.29 is 14.6 Å². The van der Waals surface area contributed by atoms with Gasteiger partial charge in [-0.1, -0.05) is 6.07 Å². The fourth-order valence-electron chi connectivity index (χ4n) is 2.68. The number of nitrogens with zero attached hydrogens (tertiary/aromatic N) is 1. The van der Waals surface area contributed by atoms with Crippen LogP contribution in [0.1, 0.15) is 31.4 Å². The van der Waals surface area contributed by atoms with Gasteiger partial charge in [-0.15, -0.1) is 0 Å². The van der Waals surface area contributed by atoms with E-state index in [2.05, 4.69) is 4.90 Å². The molecule has 0 spiro atoms. The Morgan fingerprint density at radius 2 is 2.28 bits per heavy atom. The number of hydrogen-bond donors (Lipinski definition) is 2. The highest BCUT2D eigenvalue weighted by Crippen LogP contribution is 2.33. The van der Waals surface area contributed by atoms with E-state index in [0.717, 1.165) is 31.6 Å². The average molecular weight is 253 g/mol. The molecule has 0 saturated carbocycles. The molecule has 1 fully saturated rings. The first-order valence-corrected chi connectivity index (χ1v) is 6.45. The number of aliphatic hydroxyl groups is 2. The molecule has 18 heavy (non-hydrogen) atoms. The van der Waals surface area contributed by atoms with Gasteiger partial charge in [-0.25, -0.2) is 4.39 Å². The minimum Gasteiger partial charge on any atom is -0.396 e. The van der Waals surface area contributed by atoms with Crippen molar-refractivity contribution in [2.45, 2.75) is 25.9 Å². The van der Waals surface area contributed by atoms with Crippen LogP contribution in [0, 0.1) is 11.7 Å². The molecular formula is C14H20FNO2. The molecule has 2 atom stereocenters. The molecule has 1 aliphatic heterocycles. The molecule has 0 radical (unpaired) electrons. The number of aliphatic hydroxyl groups excluding tert-OH is 2. The fourth-order valence-corrected chi connectivity index (χ4v) is 2.68. The Hall–Kier alpha value is -1.13. The molecule has 0 aliphatic carbocycles. The van der Waals surface area contributed by atoms with E-state index >= 15 is 0 Å². The second-order valence-corrected chi connectivity index (χ2v) is 4.96. The number of rotatable bonds is 4. The highest BCUT2D eigenvalue weighted by atomic mass is 19.1. The standard InChI is InChI=1S/C14H20FNO2/c1-10(18)14-12(15)3-2-4-13(14)16-7-5-11(9-16)6-8-17/h2-4,10-11,17-18H,5-9H2,1H3/t10-,11?/m0/s1. The normalized spacial score (nSPS) is 21.3. The van der Waals surface area contributed by atoms with E-state index in [4.69, 9.17) is 5.11 Å². The van der Waals surface area contributed by atoms with Crippen molar-refractivity contribution in [2.24, 2.45) is 5.92 Å². The first-order chi connectivity index (χ1) is 8.63. The predicted molar refractivity (Wildman–Crippen MR) is 69.1 cm³/mol. The monoisotopic (exact) mass is 253 g/mol. The molecule has 1 aliphatic rings. The van der Waals surface area contributed by atoms with Crippen LogP contribution < -0.4 is 4.90 Å². The molecule has 1 aromatic rings. The lowest BCUT2D eigenvalue weighted by atomic mass is 10.1. The maximum absolute atomic E-state index is 13.8. The van der Waals surface area contributed by atoms with Crippen molar-refractivity contribution >= 4 is 5.69 Å². The van der Waals surface area contributed by atoms with Crippen LogP contribution >= 0.6 is 0 Å². The third kappa shape index (κ3) is 2.65. The lowest BCUT2D eigenvalue weighted by Crippen LogP contribution is -2.22. The summed E-state index contributed by atoms with van der Waals surface area (Å²) in [4.78, 5) is 2.10. The molecule has 4 heteroatoms. The van der Waals surface area contributed by atoms with E-state index in [-0.39, 0.29) is 12.4 Å². The van der Waals surface area contributed by atoms with Crippen LogP contribution in [0.5, 0.6) is 0 Å². The molecule has 1 unspecified atom stereocenters. The number of halogens is 1. The van der Waals surface area contributed by atoms with E-state index < -0.39 is 6.10 Å². The Bertz CT molecular complexity index is 409. The summed E-state index contributed by atoms with van der Waals surface area (Å²) in [6.45, 7) is 3.46. The van der Waals surface area contributed by atoms with Crippen LogP contribution in [-0.4, -0.2) is 29.9 Å². The van der Waals surface area contributed by atoms with E-state index in [9.17, 15) is 9.50 Å². The second-order valence-electron chi connectivity index (χ2n) is 4.96. The van der Waals surface area contributed by atoms with Crippen molar-refractivity contribution in [1.29, 1.82) is 0 Å². The summed E-state index contributed by atoms with van der Waals surface area (Å²) < 4.78 is 13.8. The second kappa shape index (κ2) is 5.67. The first kappa shape index (κ1) is 13.3. The molecule has 0 bridgehead atoms. The first-order valence-electron chi connectivity index (χ1n) is 6.45. The minimum absolute atomic E-state index is 0.199. The molecule has 2 rings (SSSR count). The van der Waals surface area contributed by atoms with Gasteiger partial charge < -0.3 is 15.1 Å². The summed E-state index contributed by atoms with van der Waals surface area (Å²) in [6, 6.07) is 4.91. The summed E-state index contributed by atoms with van der Waals surface area (Å²) in [6.07, 6.45) is 0.990. The van der Waals surface area contributed by atoms with Crippen molar-refractivity contribution in [3.05, 3.63) is 29.6 Å². The Morgan fingerprint density at radius 1 is 1.50 bits per heavy atom. The van der Waals surface area contributed by atoms with Gasteiger partial charge in [0.2, 0.25) is 0 Å². The Kier molecular flexibility index (Phi) is 4.19. The third-order valence-corrected chi connectivity index (χ3v) is 3.61. The van der Waals surface area contributed by atoms with Gasteiger partial charge in [0.1, 0.15) is 5.82 Å². The van der Waals surface area contributed by atoms with Crippen molar-refractivity contribution in [2.75, 3.05) is 24.6 Å². The zero-order chi connectivity index (χ0) is 13.1. The van der Waals surface area contributed by atoms with Crippen molar-refractivity contribution in [3.8, 4) is 0 Å². The van der Waals surface area contributed by atoms with Gasteiger partial charge in [0.05, 0.1) is 6.10 Å². The van der Waals surface area contributed by atoms with Crippen LogP contribution in [0.3, 0.4) is 0 Å². The molecule has 1 saturated heterocycles. The maximum atomic E-state index is 13.8. The Morgan fingerprint density at radius 3 is 2.94 bits per heavy atom. The van der Waals surface area contributed by atoms with E-state index in [1.54, 1.807) is 13.0 Å². The van der Waals surface area contributed by atoms with Gasteiger partial charge in [-0.05, 0) is 37.8 Å². The lowest BCUT2D eigenvalue weighted by Gasteiger charge is -2.23. The quantitative estimate of drug-likeness (QED) is 0.863. The molecule has 100 valence electrons. The topological polar surface area (TPSA) is 43.7 Å². The van der Waals surface area contributed by atoms with Gasteiger partial charge in [-0.2, -0.15) is 0 Å². The summed E-state index contributed by atoms with van der Waals surface area (Å²) >= 11 is 0. The van der Waals surface area contributed by atoms with Crippen LogP contribution in [0.4, 0.5) is 10.1 Å². The molecule has 1 aromatic carbocycles. The highest BCUT2D eigenvalue weighted by molar-refractivity contribution is 5.55. The molecular weight excluding hydrogens is 233 g/mol. The Labute approximate surface area is 107 Å². The minimum atomic E-state index is -0.807. The zero-order valence-electron chi connectivity index (χ0n) is 10.6. The van der Waals surface area contributed by atoms with Gasteiger partial charge >= 0.3 is 0 Å². The van der Waals surface area contributed by atoms with Crippen LogP contribution in [-0.2, 0) is 0 Å². The highest BCUT2D eigenvalue weighted by Gasteiger charge is 2.25.